The molecule has 2 N–H and O–H groups in total. The summed E-state index contributed by atoms with van der Waals surface area (Å²) in [6.45, 7) is 2.47. The number of hydrogen-bond acceptors (Lipinski definition) is 2. The van der Waals surface area contributed by atoms with Gasteiger partial charge in [0.05, 0.1) is 20.2 Å². The van der Waals surface area contributed by atoms with Crippen LogP contribution < -0.4 is 15.0 Å². The van der Waals surface area contributed by atoms with Gasteiger partial charge in [-0.3, -0.25) is 4.79 Å². The Bertz CT molecular complexity index is 641. The third-order valence-electron chi connectivity index (χ3n) is 3.78. The summed E-state index contributed by atoms with van der Waals surface area (Å²) in [6, 6.07) is 13.7. The zero-order chi connectivity index (χ0) is 17.4. The molecule has 0 aliphatic rings. The van der Waals surface area contributed by atoms with Gasteiger partial charge in [0.2, 0.25) is 0 Å². The van der Waals surface area contributed by atoms with E-state index in [4.69, 9.17) is 4.74 Å². The SMILES string of the molecule is CNC(=O)c1ccc(C[NH+](C)CCCOc2ccc(F)cc2)cc1. The molecule has 0 fully saturated rings. The van der Waals surface area contributed by atoms with Gasteiger partial charge < -0.3 is 15.0 Å². The van der Waals surface area contributed by atoms with Crippen molar-refractivity contribution in [3.8, 4) is 5.75 Å². The fraction of sp³-hybridized carbons (Fsp3) is 0.316. The molecule has 24 heavy (non-hydrogen) atoms. The van der Waals surface area contributed by atoms with Gasteiger partial charge in [-0.05, 0) is 36.4 Å². The average Bonchev–Trinajstić information content (AvgIpc) is 2.60. The van der Waals surface area contributed by atoms with Crippen molar-refractivity contribution in [1.82, 2.24) is 5.32 Å². The van der Waals surface area contributed by atoms with Crippen molar-refractivity contribution in [3.63, 3.8) is 0 Å². The maximum absolute atomic E-state index is 12.8. The fourth-order valence-corrected chi connectivity index (χ4v) is 2.45. The Morgan fingerprint density at radius 2 is 1.79 bits per heavy atom. The molecule has 0 saturated carbocycles. The van der Waals surface area contributed by atoms with Crippen LogP contribution >= 0.6 is 0 Å². The first-order valence-electron chi connectivity index (χ1n) is 8.09. The van der Waals surface area contributed by atoms with Gasteiger partial charge in [-0.15, -0.1) is 0 Å². The largest absolute Gasteiger partial charge is 0.493 e. The molecule has 2 aromatic rings. The molecule has 0 aromatic heterocycles. The molecule has 0 bridgehead atoms. The van der Waals surface area contributed by atoms with Crippen molar-refractivity contribution < 1.29 is 18.8 Å². The van der Waals surface area contributed by atoms with Crippen molar-refractivity contribution in [2.75, 3.05) is 27.2 Å². The Balaban J connectivity index is 1.70. The number of carbonyl (C=O) groups excluding carboxylic acids is 1. The minimum absolute atomic E-state index is 0.0693. The summed E-state index contributed by atoms with van der Waals surface area (Å²) in [7, 11) is 3.76. The van der Waals surface area contributed by atoms with Gasteiger partial charge in [0.25, 0.3) is 5.91 Å². The van der Waals surface area contributed by atoms with Gasteiger partial charge >= 0.3 is 0 Å². The number of hydrogen-bond donors (Lipinski definition) is 2. The van der Waals surface area contributed by atoms with Crippen LogP contribution in [0, 0.1) is 5.82 Å². The normalized spacial score (nSPS) is 11.8. The topological polar surface area (TPSA) is 42.8 Å². The van der Waals surface area contributed by atoms with Crippen molar-refractivity contribution in [3.05, 3.63) is 65.5 Å². The van der Waals surface area contributed by atoms with Crippen molar-refractivity contribution in [2.45, 2.75) is 13.0 Å². The monoisotopic (exact) mass is 331 g/mol. The first-order valence-corrected chi connectivity index (χ1v) is 8.09. The fourth-order valence-electron chi connectivity index (χ4n) is 2.45. The maximum Gasteiger partial charge on any atom is 0.251 e. The molecule has 0 spiro atoms. The number of benzene rings is 2. The molecule has 0 aliphatic carbocycles. The summed E-state index contributed by atoms with van der Waals surface area (Å²) in [4.78, 5) is 12.9. The Morgan fingerprint density at radius 3 is 2.42 bits per heavy atom. The highest BCUT2D eigenvalue weighted by atomic mass is 19.1. The summed E-state index contributed by atoms with van der Waals surface area (Å²) in [6.07, 6.45) is 0.916. The molecule has 5 heteroatoms. The quantitative estimate of drug-likeness (QED) is 0.723. The molecule has 2 rings (SSSR count). The first kappa shape index (κ1) is 17.9. The highest BCUT2D eigenvalue weighted by molar-refractivity contribution is 5.93. The van der Waals surface area contributed by atoms with Crippen LogP contribution in [0.2, 0.25) is 0 Å². The lowest BCUT2D eigenvalue weighted by Gasteiger charge is -2.14. The Kier molecular flexibility index (Phi) is 6.75. The lowest BCUT2D eigenvalue weighted by Crippen LogP contribution is -3.07. The molecule has 0 aliphatic heterocycles. The standard InChI is InChI=1S/C19H23FN2O2/c1-21-19(23)16-6-4-15(5-7-16)14-22(2)12-3-13-24-18-10-8-17(20)9-11-18/h4-11H,3,12-14H2,1-2H3,(H,21,23)/p+1. The maximum atomic E-state index is 12.8. The second-order valence-electron chi connectivity index (χ2n) is 5.82. The highest BCUT2D eigenvalue weighted by Crippen LogP contribution is 2.10. The van der Waals surface area contributed by atoms with Crippen molar-refractivity contribution in [1.29, 1.82) is 0 Å². The van der Waals surface area contributed by atoms with E-state index in [9.17, 15) is 9.18 Å². The van der Waals surface area contributed by atoms with Crippen LogP contribution in [0.1, 0.15) is 22.3 Å². The number of carbonyl (C=O) groups is 1. The van der Waals surface area contributed by atoms with Gasteiger partial charge in [0.15, 0.2) is 0 Å². The van der Waals surface area contributed by atoms with Gasteiger partial charge in [0, 0.05) is 24.6 Å². The third-order valence-corrected chi connectivity index (χ3v) is 3.78. The second kappa shape index (κ2) is 9.03. The third kappa shape index (κ3) is 5.66. The van der Waals surface area contributed by atoms with Crippen molar-refractivity contribution in [2.24, 2.45) is 0 Å². The highest BCUT2D eigenvalue weighted by Gasteiger charge is 2.06. The number of quaternary nitrogens is 1. The van der Waals surface area contributed by atoms with Gasteiger partial charge in [0.1, 0.15) is 18.1 Å². The van der Waals surface area contributed by atoms with E-state index in [2.05, 4.69) is 12.4 Å². The molecule has 0 radical (unpaired) electrons. The molecule has 128 valence electrons. The predicted molar refractivity (Wildman–Crippen MR) is 91.8 cm³/mol. The van der Waals surface area contributed by atoms with Gasteiger partial charge in [-0.1, -0.05) is 12.1 Å². The molecule has 0 heterocycles. The lowest BCUT2D eigenvalue weighted by molar-refractivity contribution is -0.894. The van der Waals surface area contributed by atoms with Crippen LogP contribution in [0.4, 0.5) is 4.39 Å². The summed E-state index contributed by atoms with van der Waals surface area (Å²) in [5.74, 6) is 0.369. The zero-order valence-corrected chi connectivity index (χ0v) is 14.1. The molecule has 1 unspecified atom stereocenters. The van der Waals surface area contributed by atoms with E-state index >= 15 is 0 Å². The summed E-state index contributed by atoms with van der Waals surface area (Å²) in [5.41, 5.74) is 1.87. The van der Waals surface area contributed by atoms with Crippen LogP contribution in [0.15, 0.2) is 48.5 Å². The van der Waals surface area contributed by atoms with E-state index in [1.807, 2.05) is 24.3 Å². The Morgan fingerprint density at radius 1 is 1.12 bits per heavy atom. The Hall–Kier alpha value is -2.40. The number of nitrogens with one attached hydrogen (secondary N) is 2. The van der Waals surface area contributed by atoms with Crippen LogP contribution in [-0.4, -0.2) is 33.2 Å². The summed E-state index contributed by atoms with van der Waals surface area (Å²) < 4.78 is 18.4. The van der Waals surface area contributed by atoms with Gasteiger partial charge in [-0.25, -0.2) is 4.39 Å². The number of rotatable bonds is 8. The average molecular weight is 331 g/mol. The molecule has 0 saturated heterocycles. The van der Waals surface area contributed by atoms with Crippen LogP contribution in [0.3, 0.4) is 0 Å². The predicted octanol–water partition coefficient (Wildman–Crippen LogP) is 1.67. The van der Waals surface area contributed by atoms with Crippen LogP contribution in [-0.2, 0) is 6.54 Å². The van der Waals surface area contributed by atoms with E-state index in [1.165, 1.54) is 22.6 Å². The number of ether oxygens (including phenoxy) is 1. The minimum atomic E-state index is -0.256. The van der Waals surface area contributed by atoms with E-state index < -0.39 is 0 Å². The van der Waals surface area contributed by atoms with Gasteiger partial charge in [-0.2, -0.15) is 0 Å². The summed E-state index contributed by atoms with van der Waals surface area (Å²) >= 11 is 0. The summed E-state index contributed by atoms with van der Waals surface area (Å²) in [5, 5.41) is 2.61. The number of amides is 1. The number of halogens is 1. The molecule has 4 nitrogen and oxygen atoms in total. The second-order valence-corrected chi connectivity index (χ2v) is 5.82. The van der Waals surface area contributed by atoms with Crippen LogP contribution in [0.5, 0.6) is 5.75 Å². The molecule has 1 atom stereocenters. The first-order chi connectivity index (χ1) is 11.6. The van der Waals surface area contributed by atoms with E-state index in [-0.39, 0.29) is 11.7 Å². The molecular weight excluding hydrogens is 307 g/mol. The molecule has 2 aromatic carbocycles. The zero-order valence-electron chi connectivity index (χ0n) is 14.1. The van der Waals surface area contributed by atoms with E-state index in [1.54, 1.807) is 19.2 Å². The van der Waals surface area contributed by atoms with E-state index in [0.717, 1.165) is 19.5 Å². The van der Waals surface area contributed by atoms with Crippen LogP contribution in [0.25, 0.3) is 0 Å². The molecule has 1 amide bonds. The Labute approximate surface area is 142 Å². The van der Waals surface area contributed by atoms with E-state index in [0.29, 0.717) is 17.9 Å². The van der Waals surface area contributed by atoms with Crippen molar-refractivity contribution >= 4 is 5.91 Å². The molecular formula is C19H24FN2O2+. The minimum Gasteiger partial charge on any atom is -0.493 e. The smallest absolute Gasteiger partial charge is 0.251 e. The lowest BCUT2D eigenvalue weighted by atomic mass is 10.1.